The molecule has 3 nitrogen and oxygen atoms in total. The molecule has 1 aliphatic rings. The molecule has 0 atom stereocenters. The van der Waals surface area contributed by atoms with Gasteiger partial charge >= 0.3 is 6.26 Å². The SMILES string of the molecule is N#CC(=C=N)C1=C[O+]=CCC1. The molecule has 3 heteroatoms. The molecule has 0 amide bonds. The van der Waals surface area contributed by atoms with Crippen LogP contribution in [0.2, 0.25) is 0 Å². The number of carbonyl (C=O) groups excluding carboxylic acids is 1. The normalized spacial score (nSPS) is 14.6. The first-order valence-electron chi connectivity index (χ1n) is 3.25. The van der Waals surface area contributed by atoms with Gasteiger partial charge in [0.25, 0.3) is 6.29 Å². The maximum Gasteiger partial charge on any atom is 0.322 e. The van der Waals surface area contributed by atoms with Gasteiger partial charge in [0.1, 0.15) is 11.6 Å². The molecule has 0 saturated carbocycles. The van der Waals surface area contributed by atoms with Crippen molar-refractivity contribution in [2.24, 2.45) is 0 Å². The lowest BCUT2D eigenvalue weighted by atomic mass is 10.0. The van der Waals surface area contributed by atoms with Crippen LogP contribution in [-0.2, 0) is 4.42 Å². The van der Waals surface area contributed by atoms with Gasteiger partial charge in [0.05, 0.1) is 12.0 Å². The third-order valence-corrected chi connectivity index (χ3v) is 1.40. The van der Waals surface area contributed by atoms with Crippen molar-refractivity contribution in [3.8, 4) is 6.07 Å². The summed E-state index contributed by atoms with van der Waals surface area (Å²) in [7, 11) is 0. The molecule has 0 radical (unpaired) electrons. The van der Waals surface area contributed by atoms with E-state index in [4.69, 9.17) is 15.1 Å². The monoisotopic (exact) mass is 147 g/mol. The number of allylic oxidation sites excluding steroid dienone is 2. The minimum Gasteiger partial charge on any atom is -0.258 e. The van der Waals surface area contributed by atoms with Gasteiger partial charge in [-0.1, -0.05) is 0 Å². The first kappa shape index (κ1) is 7.46. The highest BCUT2D eigenvalue weighted by molar-refractivity contribution is 5.69. The molecule has 0 fully saturated rings. The average molecular weight is 147 g/mol. The molecule has 0 saturated heterocycles. The largest absolute Gasteiger partial charge is 0.322 e. The van der Waals surface area contributed by atoms with E-state index in [-0.39, 0.29) is 5.57 Å². The highest BCUT2D eigenvalue weighted by atomic mass is 16.4. The van der Waals surface area contributed by atoms with Crippen LogP contribution < -0.4 is 0 Å². The van der Waals surface area contributed by atoms with Crippen LogP contribution in [-0.4, -0.2) is 12.2 Å². The lowest BCUT2D eigenvalue weighted by Crippen LogP contribution is -1.95. The molecule has 1 N–H and O–H groups in total. The number of nitrogens with one attached hydrogen (secondary N) is 1. The molecule has 0 unspecified atom stereocenters. The van der Waals surface area contributed by atoms with Crippen molar-refractivity contribution in [1.82, 2.24) is 0 Å². The zero-order valence-corrected chi connectivity index (χ0v) is 5.92. The van der Waals surface area contributed by atoms with Crippen molar-refractivity contribution in [3.05, 3.63) is 17.4 Å². The predicted octanol–water partition coefficient (Wildman–Crippen LogP) is 1.10. The Hall–Kier alpha value is -1.65. The van der Waals surface area contributed by atoms with Gasteiger partial charge in [0.2, 0.25) is 0 Å². The van der Waals surface area contributed by atoms with Crippen molar-refractivity contribution in [3.63, 3.8) is 0 Å². The molecule has 0 aliphatic carbocycles. The Bertz CT molecular complexity index is 301. The number of rotatable bonds is 1. The van der Waals surface area contributed by atoms with Crippen LogP contribution in [0.3, 0.4) is 0 Å². The number of hydrogen-bond acceptors (Lipinski definition) is 2. The summed E-state index contributed by atoms with van der Waals surface area (Å²) in [4.78, 5) is 0. The molecule has 1 aliphatic heterocycles. The molecule has 1 rings (SSSR count). The fourth-order valence-corrected chi connectivity index (χ4v) is 0.836. The second-order valence-electron chi connectivity index (χ2n) is 2.10. The summed E-state index contributed by atoms with van der Waals surface area (Å²) >= 11 is 0. The van der Waals surface area contributed by atoms with Gasteiger partial charge in [-0.3, -0.25) is 5.41 Å². The van der Waals surface area contributed by atoms with E-state index in [2.05, 4.69) is 5.87 Å². The summed E-state index contributed by atoms with van der Waals surface area (Å²) < 4.78 is 4.88. The third-order valence-electron chi connectivity index (χ3n) is 1.40. The summed E-state index contributed by atoms with van der Waals surface area (Å²) in [6.07, 6.45) is 4.71. The highest BCUT2D eigenvalue weighted by Crippen LogP contribution is 2.13. The molecule has 0 aromatic carbocycles. The summed E-state index contributed by atoms with van der Waals surface area (Å²) in [6, 6.07) is 1.88. The maximum atomic E-state index is 8.50. The molecular formula is C8H7N2O+. The Morgan fingerprint density at radius 1 is 1.73 bits per heavy atom. The van der Waals surface area contributed by atoms with Crippen LogP contribution in [0.15, 0.2) is 17.4 Å². The molecule has 1 heterocycles. The second-order valence-corrected chi connectivity index (χ2v) is 2.10. The van der Waals surface area contributed by atoms with E-state index >= 15 is 0 Å². The van der Waals surface area contributed by atoms with Gasteiger partial charge in [-0.25, -0.2) is 4.42 Å². The maximum absolute atomic E-state index is 8.50. The fourth-order valence-electron chi connectivity index (χ4n) is 0.836. The van der Waals surface area contributed by atoms with Crippen molar-refractivity contribution in [2.45, 2.75) is 12.8 Å². The number of nitrogens with zero attached hydrogens (tertiary/aromatic N) is 1. The number of nitriles is 1. The van der Waals surface area contributed by atoms with Crippen molar-refractivity contribution in [1.29, 1.82) is 10.7 Å². The minimum absolute atomic E-state index is 0.262. The zero-order chi connectivity index (χ0) is 8.10. The average Bonchev–Trinajstić information content (AvgIpc) is 2.09. The van der Waals surface area contributed by atoms with E-state index in [9.17, 15) is 0 Å². The molecule has 54 valence electrons. The zero-order valence-electron chi connectivity index (χ0n) is 5.92. The van der Waals surface area contributed by atoms with E-state index in [0.29, 0.717) is 0 Å². The van der Waals surface area contributed by atoms with Gasteiger partial charge in [-0.15, -0.1) is 0 Å². The van der Waals surface area contributed by atoms with Gasteiger partial charge in [0.15, 0.2) is 0 Å². The van der Waals surface area contributed by atoms with Crippen LogP contribution in [0.1, 0.15) is 12.8 Å². The van der Waals surface area contributed by atoms with Crippen LogP contribution in [0.4, 0.5) is 0 Å². The smallest absolute Gasteiger partial charge is 0.258 e. The molecule has 0 aromatic rings. The van der Waals surface area contributed by atoms with E-state index in [1.54, 1.807) is 6.29 Å². The summed E-state index contributed by atoms with van der Waals surface area (Å²) in [5.41, 5.74) is 1.02. The Kier molecular flexibility index (Phi) is 2.37. The van der Waals surface area contributed by atoms with Crippen LogP contribution in [0, 0.1) is 16.7 Å². The molecule has 0 bridgehead atoms. The Morgan fingerprint density at radius 2 is 2.55 bits per heavy atom. The number of hydrogen-bond donors (Lipinski definition) is 1. The van der Waals surface area contributed by atoms with E-state index in [1.807, 2.05) is 6.07 Å². The standard InChI is InChI=1S/C8H7N2O/c9-4-8(5-10)7-2-1-3-11-6-7/h3,6,9H,1-2H2/q+1. The lowest BCUT2D eigenvalue weighted by Gasteiger charge is -1.95. The fraction of sp³-hybridized carbons (Fsp3) is 0.250. The molecule has 0 aromatic heterocycles. The quantitative estimate of drug-likeness (QED) is 0.257. The molecular weight excluding hydrogens is 140 g/mol. The summed E-state index contributed by atoms with van der Waals surface area (Å²) in [6.45, 7) is 0. The predicted molar refractivity (Wildman–Crippen MR) is 40.2 cm³/mol. The summed E-state index contributed by atoms with van der Waals surface area (Å²) in [5.74, 6) is 2.06. The second kappa shape index (κ2) is 3.50. The van der Waals surface area contributed by atoms with Crippen LogP contribution in [0.25, 0.3) is 0 Å². The van der Waals surface area contributed by atoms with Crippen molar-refractivity contribution < 1.29 is 4.42 Å². The minimum atomic E-state index is 0.262. The van der Waals surface area contributed by atoms with E-state index < -0.39 is 0 Å². The van der Waals surface area contributed by atoms with E-state index in [0.717, 1.165) is 18.4 Å². The topological polar surface area (TPSA) is 58.9 Å². The highest BCUT2D eigenvalue weighted by Gasteiger charge is 2.12. The summed E-state index contributed by atoms with van der Waals surface area (Å²) in [5, 5.41) is 15.3. The first-order valence-corrected chi connectivity index (χ1v) is 3.25. The van der Waals surface area contributed by atoms with Crippen molar-refractivity contribution in [2.75, 3.05) is 0 Å². The number of aldehydes is 1. The third kappa shape index (κ3) is 1.64. The van der Waals surface area contributed by atoms with E-state index in [1.165, 1.54) is 6.26 Å². The Labute approximate surface area is 64.5 Å². The van der Waals surface area contributed by atoms with Gasteiger partial charge < -0.3 is 0 Å². The molecule has 11 heavy (non-hydrogen) atoms. The van der Waals surface area contributed by atoms with Gasteiger partial charge in [0, 0.05) is 0 Å². The Morgan fingerprint density at radius 3 is 3.00 bits per heavy atom. The van der Waals surface area contributed by atoms with Crippen LogP contribution >= 0.6 is 0 Å². The van der Waals surface area contributed by atoms with Crippen molar-refractivity contribution >= 4 is 12.2 Å². The first-order chi connectivity index (χ1) is 5.38. The van der Waals surface area contributed by atoms with Gasteiger partial charge in [-0.05, 0) is 12.3 Å². The Balaban J connectivity index is 2.92. The molecule has 0 spiro atoms. The van der Waals surface area contributed by atoms with Gasteiger partial charge in [-0.2, -0.15) is 5.26 Å². The lowest BCUT2D eigenvalue weighted by molar-refractivity contribution is -0.371. The van der Waals surface area contributed by atoms with Crippen LogP contribution in [0.5, 0.6) is 0 Å².